The van der Waals surface area contributed by atoms with Gasteiger partial charge in [-0.2, -0.15) is 4.37 Å². The summed E-state index contributed by atoms with van der Waals surface area (Å²) >= 11 is 1.25. The number of aromatic nitrogens is 1. The Hall–Kier alpha value is -1.26. The van der Waals surface area contributed by atoms with Gasteiger partial charge >= 0.3 is 0 Å². The number of rotatable bonds is 3. The van der Waals surface area contributed by atoms with Gasteiger partial charge in [-0.15, -0.1) is 0 Å². The average Bonchev–Trinajstić information content (AvgIpc) is 2.71. The van der Waals surface area contributed by atoms with E-state index in [-0.39, 0.29) is 12.4 Å². The molecule has 17 heavy (non-hydrogen) atoms. The van der Waals surface area contributed by atoms with Crippen molar-refractivity contribution in [3.63, 3.8) is 0 Å². The molecule has 0 spiro atoms. The van der Waals surface area contributed by atoms with Crippen LogP contribution in [0.1, 0.15) is 23.7 Å². The third-order valence-electron chi connectivity index (χ3n) is 2.73. The van der Waals surface area contributed by atoms with E-state index in [0.29, 0.717) is 5.56 Å². The van der Waals surface area contributed by atoms with Gasteiger partial charge in [0.25, 0.3) is 0 Å². The number of hydrogen-bond donors (Lipinski definition) is 1. The highest BCUT2D eigenvalue weighted by atomic mass is 32.1. The second-order valence-corrected chi connectivity index (χ2v) is 4.71. The molecule has 0 atom stereocenters. The van der Waals surface area contributed by atoms with E-state index in [1.54, 1.807) is 6.07 Å². The molecular weight excluding hydrogens is 237 g/mol. The van der Waals surface area contributed by atoms with Crippen molar-refractivity contribution in [2.24, 2.45) is 0 Å². The Bertz CT molecular complexity index is 536. The Labute approximate surface area is 104 Å². The minimum absolute atomic E-state index is 0.0949. The molecule has 1 N–H and O–H groups in total. The predicted octanol–water partition coefficient (Wildman–Crippen LogP) is 3.31. The molecule has 0 aliphatic carbocycles. The lowest BCUT2D eigenvalue weighted by molar-refractivity contribution is 0.281. The molecule has 1 aromatic heterocycles. The average molecular weight is 251 g/mol. The molecule has 0 fully saturated rings. The Morgan fingerprint density at radius 1 is 1.41 bits per heavy atom. The van der Waals surface area contributed by atoms with Crippen LogP contribution in [-0.4, -0.2) is 9.48 Å². The van der Waals surface area contributed by atoms with Gasteiger partial charge in [0.05, 0.1) is 17.2 Å². The molecule has 0 saturated carbocycles. The molecule has 0 aliphatic heterocycles. The summed E-state index contributed by atoms with van der Waals surface area (Å²) < 4.78 is 18.1. The number of aliphatic hydroxyl groups excluding tert-OH is 1. The second-order valence-electron chi connectivity index (χ2n) is 3.93. The van der Waals surface area contributed by atoms with Crippen molar-refractivity contribution < 1.29 is 9.50 Å². The van der Waals surface area contributed by atoms with E-state index in [9.17, 15) is 9.50 Å². The first-order chi connectivity index (χ1) is 8.17. The first-order valence-electron chi connectivity index (χ1n) is 5.52. The zero-order chi connectivity index (χ0) is 12.4. The first-order valence-corrected chi connectivity index (χ1v) is 6.29. The van der Waals surface area contributed by atoms with Crippen molar-refractivity contribution in [2.45, 2.75) is 26.9 Å². The lowest BCUT2D eigenvalue weighted by Crippen LogP contribution is -1.92. The third-order valence-corrected chi connectivity index (χ3v) is 3.69. The fourth-order valence-electron chi connectivity index (χ4n) is 1.80. The van der Waals surface area contributed by atoms with Crippen LogP contribution < -0.4 is 0 Å². The van der Waals surface area contributed by atoms with Crippen LogP contribution >= 0.6 is 11.5 Å². The van der Waals surface area contributed by atoms with Crippen molar-refractivity contribution >= 4 is 11.5 Å². The summed E-state index contributed by atoms with van der Waals surface area (Å²) in [4.78, 5) is 0.738. The SMILES string of the molecule is CCc1nsc(-c2ccc(C)cc2F)c1CO. The molecule has 0 amide bonds. The molecule has 2 nitrogen and oxygen atoms in total. The van der Waals surface area contributed by atoms with Crippen molar-refractivity contribution in [2.75, 3.05) is 0 Å². The molecule has 4 heteroatoms. The monoisotopic (exact) mass is 251 g/mol. The highest BCUT2D eigenvalue weighted by molar-refractivity contribution is 7.09. The van der Waals surface area contributed by atoms with Crippen LogP contribution in [0.3, 0.4) is 0 Å². The molecule has 2 aromatic rings. The summed E-state index contributed by atoms with van der Waals surface area (Å²) in [5.41, 5.74) is 3.02. The Kier molecular flexibility index (Phi) is 3.54. The maximum atomic E-state index is 13.9. The summed E-state index contributed by atoms with van der Waals surface area (Å²) in [6.07, 6.45) is 0.750. The number of benzene rings is 1. The molecule has 0 unspecified atom stereocenters. The summed E-state index contributed by atoms with van der Waals surface area (Å²) in [6.45, 7) is 3.73. The highest BCUT2D eigenvalue weighted by Gasteiger charge is 2.16. The van der Waals surface area contributed by atoms with Gasteiger partial charge in [0.15, 0.2) is 0 Å². The van der Waals surface area contributed by atoms with Gasteiger partial charge in [0, 0.05) is 11.1 Å². The van der Waals surface area contributed by atoms with Gasteiger partial charge in [-0.3, -0.25) is 0 Å². The van der Waals surface area contributed by atoms with Crippen LogP contribution in [0.15, 0.2) is 18.2 Å². The molecule has 0 bridgehead atoms. The number of halogens is 1. The molecule has 0 radical (unpaired) electrons. The lowest BCUT2D eigenvalue weighted by Gasteiger charge is -2.04. The quantitative estimate of drug-likeness (QED) is 0.907. The summed E-state index contributed by atoms with van der Waals surface area (Å²) in [6, 6.07) is 5.11. The van der Waals surface area contributed by atoms with Crippen molar-refractivity contribution in [3.05, 3.63) is 40.8 Å². The van der Waals surface area contributed by atoms with Crippen LogP contribution in [0, 0.1) is 12.7 Å². The van der Waals surface area contributed by atoms with E-state index in [0.717, 1.165) is 28.1 Å². The van der Waals surface area contributed by atoms with Gasteiger partial charge in [-0.25, -0.2) is 4.39 Å². The Morgan fingerprint density at radius 3 is 2.76 bits per heavy atom. The third kappa shape index (κ3) is 2.23. The topological polar surface area (TPSA) is 33.1 Å². The van der Waals surface area contributed by atoms with Gasteiger partial charge in [-0.1, -0.05) is 19.1 Å². The number of aliphatic hydroxyl groups is 1. The standard InChI is InChI=1S/C13H14FNOS/c1-3-12-10(7-16)13(17-15-12)9-5-4-8(2)6-11(9)14/h4-6,16H,3,7H2,1-2H3. The van der Waals surface area contributed by atoms with E-state index in [2.05, 4.69) is 4.37 Å². The fraction of sp³-hybridized carbons (Fsp3) is 0.308. The molecule has 90 valence electrons. The van der Waals surface area contributed by atoms with Crippen molar-refractivity contribution in [3.8, 4) is 10.4 Å². The molecule has 1 heterocycles. The Balaban J connectivity index is 2.56. The van der Waals surface area contributed by atoms with Gasteiger partial charge in [0.1, 0.15) is 5.82 Å². The highest BCUT2D eigenvalue weighted by Crippen LogP contribution is 2.33. The Morgan fingerprint density at radius 2 is 2.18 bits per heavy atom. The van der Waals surface area contributed by atoms with Gasteiger partial charge in [0.2, 0.25) is 0 Å². The summed E-state index contributed by atoms with van der Waals surface area (Å²) in [5.74, 6) is -0.258. The minimum Gasteiger partial charge on any atom is -0.392 e. The smallest absolute Gasteiger partial charge is 0.132 e. The van der Waals surface area contributed by atoms with E-state index in [1.165, 1.54) is 17.6 Å². The number of nitrogens with zero attached hydrogens (tertiary/aromatic N) is 1. The molecule has 0 saturated heterocycles. The van der Waals surface area contributed by atoms with E-state index in [4.69, 9.17) is 0 Å². The normalized spacial score (nSPS) is 10.8. The molecule has 1 aromatic carbocycles. The number of hydrogen-bond acceptors (Lipinski definition) is 3. The van der Waals surface area contributed by atoms with Crippen molar-refractivity contribution in [1.29, 1.82) is 0 Å². The summed E-state index contributed by atoms with van der Waals surface area (Å²) in [7, 11) is 0. The van der Waals surface area contributed by atoms with Gasteiger partial charge in [-0.05, 0) is 36.5 Å². The summed E-state index contributed by atoms with van der Waals surface area (Å²) in [5, 5.41) is 9.37. The first kappa shape index (κ1) is 12.2. The number of aryl methyl sites for hydroxylation is 2. The maximum absolute atomic E-state index is 13.9. The van der Waals surface area contributed by atoms with E-state index < -0.39 is 0 Å². The predicted molar refractivity (Wildman–Crippen MR) is 67.5 cm³/mol. The molecule has 0 aliphatic rings. The van der Waals surface area contributed by atoms with Crippen LogP contribution in [0.2, 0.25) is 0 Å². The zero-order valence-corrected chi connectivity index (χ0v) is 10.6. The minimum atomic E-state index is -0.258. The second kappa shape index (κ2) is 4.94. The van der Waals surface area contributed by atoms with Crippen molar-refractivity contribution in [1.82, 2.24) is 4.37 Å². The fourth-order valence-corrected chi connectivity index (χ4v) is 2.80. The van der Waals surface area contributed by atoms with Crippen LogP contribution in [0.4, 0.5) is 4.39 Å². The maximum Gasteiger partial charge on any atom is 0.132 e. The van der Waals surface area contributed by atoms with Crippen LogP contribution in [-0.2, 0) is 13.0 Å². The van der Waals surface area contributed by atoms with Crippen LogP contribution in [0.25, 0.3) is 10.4 Å². The molecule has 2 rings (SSSR count). The zero-order valence-electron chi connectivity index (χ0n) is 9.83. The lowest BCUT2D eigenvalue weighted by atomic mass is 10.1. The van der Waals surface area contributed by atoms with Crippen LogP contribution in [0.5, 0.6) is 0 Å². The molecular formula is C13H14FNOS. The largest absolute Gasteiger partial charge is 0.392 e. The van der Waals surface area contributed by atoms with E-state index in [1.807, 2.05) is 19.9 Å². The van der Waals surface area contributed by atoms with E-state index >= 15 is 0 Å². The van der Waals surface area contributed by atoms with Gasteiger partial charge < -0.3 is 5.11 Å².